The van der Waals surface area contributed by atoms with Crippen LogP contribution in [0.1, 0.15) is 28.4 Å². The van der Waals surface area contributed by atoms with Crippen LogP contribution in [-0.2, 0) is 6.54 Å². The van der Waals surface area contributed by atoms with Gasteiger partial charge in [-0.05, 0) is 48.9 Å². The van der Waals surface area contributed by atoms with E-state index in [9.17, 15) is 4.79 Å². The van der Waals surface area contributed by atoms with Gasteiger partial charge in [-0.3, -0.25) is 4.79 Å². The molecule has 0 bridgehead atoms. The number of hydrogen-bond donors (Lipinski definition) is 0. The number of nitriles is 1. The maximum Gasteiger partial charge on any atom is 0.254 e. The van der Waals surface area contributed by atoms with E-state index in [2.05, 4.69) is 0 Å². The van der Waals surface area contributed by atoms with Crippen LogP contribution in [-0.4, -0.2) is 24.1 Å². The Labute approximate surface area is 134 Å². The fraction of sp³-hybridized carbons (Fsp3) is 0.222. The summed E-state index contributed by atoms with van der Waals surface area (Å²) in [6.07, 6.45) is 0. The standard InChI is InChI=1S/C18H16N2O3/c1-2-20(18(21)15-6-3-13(10-19)4-7-15)11-14-5-8-16-17(9-14)23-12-22-16/h3-9H,2,11-12H2,1H3. The second kappa shape index (κ2) is 6.41. The predicted molar refractivity (Wildman–Crippen MR) is 84.1 cm³/mol. The van der Waals surface area contributed by atoms with Gasteiger partial charge in [0, 0.05) is 18.7 Å². The zero-order chi connectivity index (χ0) is 16.2. The fourth-order valence-corrected chi connectivity index (χ4v) is 2.46. The lowest BCUT2D eigenvalue weighted by molar-refractivity contribution is 0.0752. The molecule has 5 nitrogen and oxygen atoms in total. The van der Waals surface area contributed by atoms with Crippen molar-refractivity contribution in [2.45, 2.75) is 13.5 Å². The summed E-state index contributed by atoms with van der Waals surface area (Å²) in [4.78, 5) is 14.3. The van der Waals surface area contributed by atoms with Gasteiger partial charge in [-0.2, -0.15) is 5.26 Å². The summed E-state index contributed by atoms with van der Waals surface area (Å²) < 4.78 is 10.7. The second-order valence-corrected chi connectivity index (χ2v) is 5.20. The third-order valence-corrected chi connectivity index (χ3v) is 3.74. The molecule has 2 aromatic carbocycles. The van der Waals surface area contributed by atoms with Crippen molar-refractivity contribution in [2.75, 3.05) is 13.3 Å². The first-order valence-electron chi connectivity index (χ1n) is 7.39. The van der Waals surface area contributed by atoms with Crippen LogP contribution in [0.2, 0.25) is 0 Å². The molecular formula is C18H16N2O3. The highest BCUT2D eigenvalue weighted by atomic mass is 16.7. The average molecular weight is 308 g/mol. The quantitative estimate of drug-likeness (QED) is 0.871. The van der Waals surface area contributed by atoms with Crippen LogP contribution in [0.3, 0.4) is 0 Å². The van der Waals surface area contributed by atoms with Crippen LogP contribution in [0, 0.1) is 11.3 Å². The summed E-state index contributed by atoms with van der Waals surface area (Å²) in [5.74, 6) is 1.38. The van der Waals surface area contributed by atoms with Gasteiger partial charge in [0.1, 0.15) is 0 Å². The van der Waals surface area contributed by atoms with Crippen molar-refractivity contribution in [3.63, 3.8) is 0 Å². The summed E-state index contributed by atoms with van der Waals surface area (Å²) in [6, 6.07) is 14.4. The molecule has 0 aliphatic carbocycles. The van der Waals surface area contributed by atoms with Gasteiger partial charge in [0.2, 0.25) is 6.79 Å². The average Bonchev–Trinajstić information content (AvgIpc) is 3.07. The van der Waals surface area contributed by atoms with E-state index in [0.717, 1.165) is 11.3 Å². The first kappa shape index (κ1) is 14.9. The van der Waals surface area contributed by atoms with Gasteiger partial charge in [0.25, 0.3) is 5.91 Å². The third-order valence-electron chi connectivity index (χ3n) is 3.74. The van der Waals surface area contributed by atoms with Gasteiger partial charge in [-0.15, -0.1) is 0 Å². The monoisotopic (exact) mass is 308 g/mol. The van der Waals surface area contributed by atoms with Crippen LogP contribution in [0.4, 0.5) is 0 Å². The minimum absolute atomic E-state index is 0.0605. The Hall–Kier alpha value is -3.00. The van der Waals surface area contributed by atoms with E-state index in [1.165, 1.54) is 0 Å². The van der Waals surface area contributed by atoms with Crippen molar-refractivity contribution in [1.29, 1.82) is 5.26 Å². The minimum Gasteiger partial charge on any atom is -0.454 e. The molecule has 1 aliphatic rings. The lowest BCUT2D eigenvalue weighted by Gasteiger charge is -2.21. The van der Waals surface area contributed by atoms with Gasteiger partial charge >= 0.3 is 0 Å². The van der Waals surface area contributed by atoms with E-state index >= 15 is 0 Å². The molecule has 0 fully saturated rings. The van der Waals surface area contributed by atoms with Crippen molar-refractivity contribution >= 4 is 5.91 Å². The first-order chi connectivity index (χ1) is 11.2. The molecule has 5 heteroatoms. The van der Waals surface area contributed by atoms with E-state index in [4.69, 9.17) is 14.7 Å². The number of carbonyl (C=O) groups is 1. The van der Waals surface area contributed by atoms with Crippen LogP contribution >= 0.6 is 0 Å². The van der Waals surface area contributed by atoms with Crippen LogP contribution in [0.5, 0.6) is 11.5 Å². The Morgan fingerprint density at radius 1 is 1.17 bits per heavy atom. The minimum atomic E-state index is -0.0605. The van der Waals surface area contributed by atoms with Gasteiger partial charge in [-0.1, -0.05) is 6.07 Å². The summed E-state index contributed by atoms with van der Waals surface area (Å²) in [5.41, 5.74) is 2.10. The number of amides is 1. The maximum absolute atomic E-state index is 12.6. The molecule has 1 heterocycles. The van der Waals surface area contributed by atoms with E-state index < -0.39 is 0 Å². The SMILES string of the molecule is CCN(Cc1ccc2c(c1)OCO2)C(=O)c1ccc(C#N)cc1. The van der Waals surface area contributed by atoms with Crippen molar-refractivity contribution in [1.82, 2.24) is 4.90 Å². The highest BCUT2D eigenvalue weighted by Crippen LogP contribution is 2.32. The molecule has 0 aromatic heterocycles. The Bertz CT molecular complexity index is 763. The fourth-order valence-electron chi connectivity index (χ4n) is 2.46. The Kier molecular flexibility index (Phi) is 4.15. The summed E-state index contributed by atoms with van der Waals surface area (Å²) in [7, 11) is 0. The highest BCUT2D eigenvalue weighted by Gasteiger charge is 2.17. The highest BCUT2D eigenvalue weighted by molar-refractivity contribution is 5.94. The van der Waals surface area contributed by atoms with Gasteiger partial charge in [0.15, 0.2) is 11.5 Å². The van der Waals surface area contributed by atoms with Gasteiger partial charge in [-0.25, -0.2) is 0 Å². The molecule has 1 amide bonds. The lowest BCUT2D eigenvalue weighted by atomic mass is 10.1. The molecule has 0 atom stereocenters. The van der Waals surface area contributed by atoms with E-state index in [0.29, 0.717) is 30.0 Å². The molecular weight excluding hydrogens is 292 g/mol. The molecule has 0 radical (unpaired) electrons. The van der Waals surface area contributed by atoms with E-state index in [1.807, 2.05) is 31.2 Å². The number of rotatable bonds is 4. The zero-order valence-corrected chi connectivity index (χ0v) is 12.8. The molecule has 2 aromatic rings. The van der Waals surface area contributed by atoms with E-state index in [-0.39, 0.29) is 12.7 Å². The van der Waals surface area contributed by atoms with Crippen molar-refractivity contribution < 1.29 is 14.3 Å². The molecule has 23 heavy (non-hydrogen) atoms. The summed E-state index contributed by atoms with van der Waals surface area (Å²) in [6.45, 7) is 3.26. The lowest BCUT2D eigenvalue weighted by Crippen LogP contribution is -2.30. The molecule has 1 aliphatic heterocycles. The third kappa shape index (κ3) is 3.11. The maximum atomic E-state index is 12.6. The zero-order valence-electron chi connectivity index (χ0n) is 12.8. The smallest absolute Gasteiger partial charge is 0.254 e. The van der Waals surface area contributed by atoms with Gasteiger partial charge < -0.3 is 14.4 Å². The number of benzene rings is 2. The van der Waals surface area contributed by atoms with Crippen LogP contribution in [0.15, 0.2) is 42.5 Å². The van der Waals surface area contributed by atoms with E-state index in [1.54, 1.807) is 29.2 Å². The van der Waals surface area contributed by atoms with Crippen molar-refractivity contribution in [3.8, 4) is 17.6 Å². The van der Waals surface area contributed by atoms with Crippen LogP contribution in [0.25, 0.3) is 0 Å². The largest absolute Gasteiger partial charge is 0.454 e. The molecule has 0 saturated carbocycles. The molecule has 0 N–H and O–H groups in total. The Morgan fingerprint density at radius 2 is 1.91 bits per heavy atom. The van der Waals surface area contributed by atoms with Crippen molar-refractivity contribution in [3.05, 3.63) is 59.2 Å². The summed E-state index contributed by atoms with van der Waals surface area (Å²) in [5, 5.41) is 8.83. The number of nitrogens with zero attached hydrogens (tertiary/aromatic N) is 2. The number of carbonyl (C=O) groups excluding carboxylic acids is 1. The van der Waals surface area contributed by atoms with Gasteiger partial charge in [0.05, 0.1) is 11.6 Å². The second-order valence-electron chi connectivity index (χ2n) is 5.20. The molecule has 0 unspecified atom stereocenters. The number of ether oxygens (including phenoxy) is 2. The number of hydrogen-bond acceptors (Lipinski definition) is 4. The predicted octanol–water partition coefficient (Wildman–Crippen LogP) is 2.95. The normalized spacial score (nSPS) is 11.8. The molecule has 0 saturated heterocycles. The topological polar surface area (TPSA) is 62.6 Å². The first-order valence-corrected chi connectivity index (χ1v) is 7.39. The van der Waals surface area contributed by atoms with Crippen LogP contribution < -0.4 is 9.47 Å². The molecule has 116 valence electrons. The summed E-state index contributed by atoms with van der Waals surface area (Å²) >= 11 is 0. The van der Waals surface area contributed by atoms with Crippen molar-refractivity contribution in [2.24, 2.45) is 0 Å². The number of fused-ring (bicyclic) bond motifs is 1. The Balaban J connectivity index is 1.76. The molecule has 3 rings (SSSR count). The Morgan fingerprint density at radius 3 is 2.61 bits per heavy atom. The molecule has 0 spiro atoms.